The predicted octanol–water partition coefficient (Wildman–Crippen LogP) is 3.02. The summed E-state index contributed by atoms with van der Waals surface area (Å²) in [7, 11) is -1.88. The average Bonchev–Trinajstić information content (AvgIpc) is 2.36. The van der Waals surface area contributed by atoms with Crippen molar-refractivity contribution in [1.29, 1.82) is 0 Å². The number of rotatable bonds is 3. The molecule has 1 aliphatic rings. The molecule has 1 aromatic carbocycles. The Morgan fingerprint density at radius 3 is 2.78 bits per heavy atom. The van der Waals surface area contributed by atoms with Crippen LogP contribution < -0.4 is 4.90 Å². The normalized spacial score (nSPS) is 25.6. The molecular formula is C14H23NO2Si. The molecule has 0 amide bonds. The van der Waals surface area contributed by atoms with E-state index in [9.17, 15) is 0 Å². The maximum atomic E-state index is 6.04. The van der Waals surface area contributed by atoms with Gasteiger partial charge in [-0.25, -0.2) is 0 Å². The fraction of sp³-hybridized carbons (Fsp3) is 0.571. The van der Waals surface area contributed by atoms with Crippen LogP contribution in [0.5, 0.6) is 0 Å². The third-order valence-electron chi connectivity index (χ3n) is 3.40. The zero-order valence-electron chi connectivity index (χ0n) is 11.4. The first-order valence-corrected chi connectivity index (χ1v) is 9.34. The minimum absolute atomic E-state index is 0.769. The van der Waals surface area contributed by atoms with Gasteiger partial charge in [-0.2, -0.15) is 0 Å². The van der Waals surface area contributed by atoms with E-state index in [2.05, 4.69) is 48.7 Å². The van der Waals surface area contributed by atoms with Crippen molar-refractivity contribution >= 4 is 14.2 Å². The molecule has 18 heavy (non-hydrogen) atoms. The number of hydrogen-bond donors (Lipinski definition) is 0. The van der Waals surface area contributed by atoms with E-state index < -0.39 is 8.56 Å². The van der Waals surface area contributed by atoms with Crippen LogP contribution in [0.3, 0.4) is 0 Å². The standard InChI is InChI=1S/C14H23NO2Si/c1-3-16-18(2)13-7-10-15(11-12-17-18)14-8-5-4-6-9-14/h4-6,8-9H,3,7,10-13H2,1-2H3. The van der Waals surface area contributed by atoms with Crippen LogP contribution in [0.2, 0.25) is 12.6 Å². The minimum atomic E-state index is -1.88. The molecule has 0 aromatic heterocycles. The van der Waals surface area contributed by atoms with E-state index in [0.29, 0.717) is 0 Å². The maximum Gasteiger partial charge on any atom is 0.335 e. The molecule has 0 spiro atoms. The molecule has 3 nitrogen and oxygen atoms in total. The van der Waals surface area contributed by atoms with Gasteiger partial charge in [0.2, 0.25) is 0 Å². The molecule has 1 atom stereocenters. The molecule has 0 radical (unpaired) electrons. The molecule has 1 saturated heterocycles. The highest BCUT2D eigenvalue weighted by molar-refractivity contribution is 6.66. The monoisotopic (exact) mass is 265 g/mol. The van der Waals surface area contributed by atoms with E-state index in [1.54, 1.807) is 0 Å². The summed E-state index contributed by atoms with van der Waals surface area (Å²) >= 11 is 0. The smallest absolute Gasteiger partial charge is 0.335 e. The van der Waals surface area contributed by atoms with Gasteiger partial charge in [-0.3, -0.25) is 0 Å². The van der Waals surface area contributed by atoms with Crippen LogP contribution in [-0.4, -0.2) is 34.9 Å². The Balaban J connectivity index is 1.94. The average molecular weight is 265 g/mol. The molecule has 100 valence electrons. The van der Waals surface area contributed by atoms with Crippen LogP contribution in [0.1, 0.15) is 13.3 Å². The highest BCUT2D eigenvalue weighted by Gasteiger charge is 2.32. The van der Waals surface area contributed by atoms with Gasteiger partial charge in [0, 0.05) is 25.4 Å². The molecule has 1 aliphatic heterocycles. The Hall–Kier alpha value is -0.843. The van der Waals surface area contributed by atoms with E-state index in [1.165, 1.54) is 5.69 Å². The summed E-state index contributed by atoms with van der Waals surface area (Å²) < 4.78 is 11.9. The van der Waals surface area contributed by atoms with E-state index >= 15 is 0 Å². The van der Waals surface area contributed by atoms with E-state index in [1.807, 2.05) is 0 Å². The zero-order valence-corrected chi connectivity index (χ0v) is 12.4. The molecule has 0 aliphatic carbocycles. The van der Waals surface area contributed by atoms with E-state index in [0.717, 1.165) is 38.8 Å². The number of nitrogens with zero attached hydrogens (tertiary/aromatic N) is 1. The summed E-state index contributed by atoms with van der Waals surface area (Å²) in [6.45, 7) is 7.84. The van der Waals surface area contributed by atoms with Crippen molar-refractivity contribution in [2.24, 2.45) is 0 Å². The van der Waals surface area contributed by atoms with Crippen LogP contribution in [-0.2, 0) is 8.85 Å². The Labute approximate surface area is 111 Å². The molecule has 1 unspecified atom stereocenters. The van der Waals surface area contributed by atoms with Crippen molar-refractivity contribution in [3.8, 4) is 0 Å². The number of anilines is 1. The zero-order chi connectivity index (χ0) is 12.8. The third-order valence-corrected chi connectivity index (χ3v) is 6.37. The van der Waals surface area contributed by atoms with Gasteiger partial charge in [0.1, 0.15) is 0 Å². The van der Waals surface area contributed by atoms with Crippen LogP contribution in [0.4, 0.5) is 5.69 Å². The molecule has 0 N–H and O–H groups in total. The SMILES string of the molecule is CCO[Si]1(C)CCCN(c2ccccc2)CCO1. The lowest BCUT2D eigenvalue weighted by atomic mass is 10.2. The summed E-state index contributed by atoms with van der Waals surface area (Å²) in [5, 5.41) is 0. The van der Waals surface area contributed by atoms with Gasteiger partial charge in [0.25, 0.3) is 0 Å². The van der Waals surface area contributed by atoms with E-state index in [4.69, 9.17) is 8.85 Å². The van der Waals surface area contributed by atoms with Crippen molar-refractivity contribution in [1.82, 2.24) is 0 Å². The van der Waals surface area contributed by atoms with Gasteiger partial charge in [-0.15, -0.1) is 0 Å². The first-order valence-electron chi connectivity index (χ1n) is 6.81. The van der Waals surface area contributed by atoms with Crippen LogP contribution >= 0.6 is 0 Å². The lowest BCUT2D eigenvalue weighted by Gasteiger charge is -2.33. The lowest BCUT2D eigenvalue weighted by Crippen LogP contribution is -2.44. The van der Waals surface area contributed by atoms with Gasteiger partial charge in [0.05, 0.1) is 6.61 Å². The van der Waals surface area contributed by atoms with Gasteiger partial charge < -0.3 is 13.8 Å². The quantitative estimate of drug-likeness (QED) is 0.784. The third kappa shape index (κ3) is 3.57. The molecule has 4 heteroatoms. The molecule has 0 saturated carbocycles. The largest absolute Gasteiger partial charge is 0.395 e. The second-order valence-electron chi connectivity index (χ2n) is 4.84. The summed E-state index contributed by atoms with van der Waals surface area (Å²) in [6, 6.07) is 11.7. The summed E-state index contributed by atoms with van der Waals surface area (Å²) in [5.74, 6) is 0. The highest BCUT2D eigenvalue weighted by atomic mass is 28.4. The fourth-order valence-electron chi connectivity index (χ4n) is 2.46. The topological polar surface area (TPSA) is 21.7 Å². The maximum absolute atomic E-state index is 6.04. The second-order valence-corrected chi connectivity index (χ2v) is 8.19. The van der Waals surface area contributed by atoms with Gasteiger partial charge >= 0.3 is 8.56 Å². The van der Waals surface area contributed by atoms with Gasteiger partial charge in [0.15, 0.2) is 0 Å². The summed E-state index contributed by atoms with van der Waals surface area (Å²) in [6.07, 6.45) is 1.15. The second kappa shape index (κ2) is 6.36. The molecule has 2 rings (SSSR count). The van der Waals surface area contributed by atoms with Crippen molar-refractivity contribution in [3.63, 3.8) is 0 Å². The predicted molar refractivity (Wildman–Crippen MR) is 77.3 cm³/mol. The molecular weight excluding hydrogens is 242 g/mol. The molecule has 1 heterocycles. The molecule has 1 aromatic rings. The van der Waals surface area contributed by atoms with Crippen molar-refractivity contribution in [2.45, 2.75) is 25.9 Å². The summed E-state index contributed by atoms with van der Waals surface area (Å²) in [5.41, 5.74) is 1.29. The van der Waals surface area contributed by atoms with Crippen molar-refractivity contribution in [2.75, 3.05) is 31.2 Å². The summed E-state index contributed by atoms with van der Waals surface area (Å²) in [4.78, 5) is 2.40. The lowest BCUT2D eigenvalue weighted by molar-refractivity contribution is 0.179. The van der Waals surface area contributed by atoms with Crippen LogP contribution in [0, 0.1) is 0 Å². The number of benzene rings is 1. The Kier molecular flexibility index (Phi) is 4.80. The Bertz CT molecular complexity index is 348. The number of para-hydroxylation sites is 1. The van der Waals surface area contributed by atoms with Gasteiger partial charge in [-0.05, 0) is 38.1 Å². The van der Waals surface area contributed by atoms with E-state index in [-0.39, 0.29) is 0 Å². The highest BCUT2D eigenvalue weighted by Crippen LogP contribution is 2.21. The first-order chi connectivity index (χ1) is 8.73. The van der Waals surface area contributed by atoms with Crippen molar-refractivity contribution in [3.05, 3.63) is 30.3 Å². The molecule has 0 bridgehead atoms. The fourth-order valence-corrected chi connectivity index (χ4v) is 4.77. The van der Waals surface area contributed by atoms with Gasteiger partial charge in [-0.1, -0.05) is 18.2 Å². The molecule has 1 fully saturated rings. The minimum Gasteiger partial charge on any atom is -0.395 e. The number of hydrogen-bond acceptors (Lipinski definition) is 3. The Morgan fingerprint density at radius 1 is 1.28 bits per heavy atom. The van der Waals surface area contributed by atoms with Crippen LogP contribution in [0.25, 0.3) is 0 Å². The van der Waals surface area contributed by atoms with Crippen molar-refractivity contribution < 1.29 is 8.85 Å². The Morgan fingerprint density at radius 2 is 2.06 bits per heavy atom. The first kappa shape index (κ1) is 13.6. The van der Waals surface area contributed by atoms with Crippen LogP contribution in [0.15, 0.2) is 30.3 Å².